The molecule has 4 rings (SSSR count). The maximum Gasteiger partial charge on any atom is 0.229 e. The van der Waals surface area contributed by atoms with Gasteiger partial charge in [0, 0.05) is 15.1 Å². The fraction of sp³-hybridized carbons (Fsp3) is 0.333. The van der Waals surface area contributed by atoms with Crippen LogP contribution in [0.1, 0.15) is 34.7 Å². The van der Waals surface area contributed by atoms with E-state index in [1.807, 2.05) is 22.6 Å². The zero-order chi connectivity index (χ0) is 11.4. The summed E-state index contributed by atoms with van der Waals surface area (Å²) in [7, 11) is 0. The molecular weight excluding hydrogens is 322 g/mol. The summed E-state index contributed by atoms with van der Waals surface area (Å²) in [6, 6.07) is 2.93. The van der Waals surface area contributed by atoms with E-state index in [9.17, 15) is 14.0 Å². The van der Waals surface area contributed by atoms with E-state index < -0.39 is 5.78 Å². The summed E-state index contributed by atoms with van der Waals surface area (Å²) < 4.78 is 13.9. The van der Waals surface area contributed by atoms with Crippen LogP contribution in [-0.4, -0.2) is 11.6 Å². The highest BCUT2D eigenvalue weighted by atomic mass is 127. The zero-order valence-electron chi connectivity index (χ0n) is 8.30. The molecule has 3 aliphatic carbocycles. The lowest BCUT2D eigenvalue weighted by atomic mass is 9.72. The number of hydrogen-bond donors (Lipinski definition) is 0. The number of hydrogen-bond acceptors (Lipinski definition) is 2. The molecule has 0 radical (unpaired) electrons. The first kappa shape index (κ1) is 10.4. The summed E-state index contributed by atoms with van der Waals surface area (Å²) in [5.41, 5.74) is 1.14. The number of carbonyl (C=O) groups excluding carboxylic acids is 2. The van der Waals surface area contributed by atoms with Crippen LogP contribution in [-0.2, 0) is 4.79 Å². The minimum Gasteiger partial charge on any atom is -0.290 e. The molecule has 4 heteroatoms. The van der Waals surface area contributed by atoms with E-state index in [1.54, 1.807) is 0 Å². The van der Waals surface area contributed by atoms with Gasteiger partial charge in [0.15, 0.2) is 0 Å². The van der Waals surface area contributed by atoms with Gasteiger partial charge in [-0.05, 0) is 59.0 Å². The molecule has 2 bridgehead atoms. The highest BCUT2D eigenvalue weighted by Crippen LogP contribution is 2.47. The minimum absolute atomic E-state index is 0.120. The molecule has 16 heavy (non-hydrogen) atoms. The summed E-state index contributed by atoms with van der Waals surface area (Å²) in [5, 5.41) is 0. The van der Waals surface area contributed by atoms with Gasteiger partial charge in [0.1, 0.15) is 5.82 Å². The summed E-state index contributed by atoms with van der Waals surface area (Å²) in [4.78, 5) is 23.6. The Morgan fingerprint density at radius 3 is 2.56 bits per heavy atom. The second-order valence-electron chi connectivity index (χ2n) is 4.41. The third kappa shape index (κ3) is 1.28. The van der Waals surface area contributed by atoms with Gasteiger partial charge >= 0.3 is 0 Å². The number of fused-ring (bicyclic) bond motifs is 1. The van der Waals surface area contributed by atoms with E-state index in [0.717, 1.165) is 5.56 Å². The van der Waals surface area contributed by atoms with Gasteiger partial charge in [-0.25, -0.2) is 4.39 Å². The van der Waals surface area contributed by atoms with Crippen LogP contribution in [0.3, 0.4) is 0 Å². The van der Waals surface area contributed by atoms with Crippen LogP contribution in [0.4, 0.5) is 4.39 Å². The molecule has 0 spiro atoms. The highest BCUT2D eigenvalue weighted by molar-refractivity contribution is 14.1. The molecule has 0 N–H and O–H groups in total. The number of rotatable bonds is 0. The van der Waals surface area contributed by atoms with E-state index in [1.165, 1.54) is 12.1 Å². The van der Waals surface area contributed by atoms with Crippen LogP contribution >= 0.6 is 22.6 Å². The maximum atomic E-state index is 13.5. The van der Waals surface area contributed by atoms with Crippen molar-refractivity contribution in [1.82, 2.24) is 0 Å². The number of ketones is 2. The van der Waals surface area contributed by atoms with Gasteiger partial charge in [0.25, 0.3) is 0 Å². The van der Waals surface area contributed by atoms with Crippen molar-refractivity contribution in [3.63, 3.8) is 0 Å². The molecule has 0 aliphatic heterocycles. The van der Waals surface area contributed by atoms with Crippen LogP contribution in [0.2, 0.25) is 0 Å². The number of halogens is 2. The van der Waals surface area contributed by atoms with Crippen molar-refractivity contribution >= 4 is 34.2 Å². The van der Waals surface area contributed by atoms with E-state index in [-0.39, 0.29) is 23.4 Å². The Morgan fingerprint density at radius 1 is 1.19 bits per heavy atom. The third-order valence-corrected chi connectivity index (χ3v) is 4.34. The first-order valence-corrected chi connectivity index (χ1v) is 6.23. The molecule has 0 unspecified atom stereocenters. The normalized spacial score (nSPS) is 27.1. The van der Waals surface area contributed by atoms with Gasteiger partial charge in [-0.2, -0.15) is 0 Å². The molecule has 0 atom stereocenters. The molecular formula is C12H8FIO2. The molecule has 3 aliphatic rings. The standard InChI is InChI=1S/C12H8FIO2/c13-9-3-7-5-1-6(2-5)11(15)12(16)8(7)4-10(9)14/h3-6H,1-2H2. The molecule has 82 valence electrons. The summed E-state index contributed by atoms with van der Waals surface area (Å²) in [6.45, 7) is 0. The topological polar surface area (TPSA) is 34.1 Å². The molecule has 0 saturated heterocycles. The van der Waals surface area contributed by atoms with Crippen molar-refractivity contribution in [2.75, 3.05) is 0 Å². The van der Waals surface area contributed by atoms with E-state index in [4.69, 9.17) is 0 Å². The summed E-state index contributed by atoms with van der Waals surface area (Å²) in [5.74, 6) is -0.951. The molecule has 2 nitrogen and oxygen atoms in total. The molecule has 1 aromatic carbocycles. The highest BCUT2D eigenvalue weighted by Gasteiger charge is 2.44. The largest absolute Gasteiger partial charge is 0.290 e. The van der Waals surface area contributed by atoms with Crippen LogP contribution in [0.25, 0.3) is 0 Å². The smallest absolute Gasteiger partial charge is 0.229 e. The number of carbonyl (C=O) groups is 2. The second-order valence-corrected chi connectivity index (χ2v) is 5.57. The molecule has 0 aromatic heterocycles. The van der Waals surface area contributed by atoms with Gasteiger partial charge in [-0.15, -0.1) is 0 Å². The van der Waals surface area contributed by atoms with Crippen molar-refractivity contribution in [3.8, 4) is 0 Å². The third-order valence-electron chi connectivity index (χ3n) is 3.51. The van der Waals surface area contributed by atoms with E-state index >= 15 is 0 Å². The summed E-state index contributed by atoms with van der Waals surface area (Å²) in [6.07, 6.45) is 1.41. The monoisotopic (exact) mass is 330 g/mol. The van der Waals surface area contributed by atoms with Gasteiger partial charge in [0.05, 0.1) is 0 Å². The fourth-order valence-electron chi connectivity index (χ4n) is 2.50. The van der Waals surface area contributed by atoms with E-state index in [0.29, 0.717) is 22.0 Å². The van der Waals surface area contributed by atoms with Gasteiger partial charge in [-0.1, -0.05) is 0 Å². The molecule has 1 saturated carbocycles. The van der Waals surface area contributed by atoms with Crippen molar-refractivity contribution in [1.29, 1.82) is 0 Å². The average Bonchev–Trinajstić information content (AvgIpc) is 2.32. The van der Waals surface area contributed by atoms with Crippen LogP contribution < -0.4 is 0 Å². The lowest BCUT2D eigenvalue weighted by Gasteiger charge is -2.31. The lowest BCUT2D eigenvalue weighted by molar-refractivity contribution is -0.121. The fourth-order valence-corrected chi connectivity index (χ4v) is 2.97. The SMILES string of the molecule is O=C1C(=O)C2CC(C2)c2cc(F)c(I)cc21. The molecule has 0 heterocycles. The Labute approximate surface area is 105 Å². The van der Waals surface area contributed by atoms with Gasteiger partial charge < -0.3 is 0 Å². The number of benzene rings is 1. The second kappa shape index (κ2) is 3.35. The molecule has 1 aromatic rings. The average molecular weight is 330 g/mol. The first-order chi connectivity index (χ1) is 7.58. The van der Waals surface area contributed by atoms with Crippen LogP contribution in [0.5, 0.6) is 0 Å². The minimum atomic E-state index is -0.432. The number of Topliss-reactive ketones (excluding diaryl/α,β-unsaturated/α-hetero) is 2. The predicted molar refractivity (Wildman–Crippen MR) is 63.9 cm³/mol. The Bertz CT molecular complexity index is 518. The van der Waals surface area contributed by atoms with Crippen molar-refractivity contribution in [2.45, 2.75) is 18.8 Å². The van der Waals surface area contributed by atoms with Crippen molar-refractivity contribution in [3.05, 3.63) is 32.6 Å². The van der Waals surface area contributed by atoms with Crippen LogP contribution in [0.15, 0.2) is 12.1 Å². The van der Waals surface area contributed by atoms with Crippen LogP contribution in [0, 0.1) is 15.3 Å². The Morgan fingerprint density at radius 2 is 1.88 bits per heavy atom. The Kier molecular flexibility index (Phi) is 2.18. The van der Waals surface area contributed by atoms with Gasteiger partial charge in [0.2, 0.25) is 11.6 Å². The Hall–Kier alpha value is -0.780. The van der Waals surface area contributed by atoms with Crippen molar-refractivity contribution in [2.24, 2.45) is 5.92 Å². The Balaban J connectivity index is 2.24. The molecule has 0 amide bonds. The maximum absolute atomic E-state index is 13.5. The first-order valence-electron chi connectivity index (χ1n) is 5.15. The van der Waals surface area contributed by atoms with E-state index in [2.05, 4.69) is 0 Å². The van der Waals surface area contributed by atoms with Gasteiger partial charge in [-0.3, -0.25) is 9.59 Å². The predicted octanol–water partition coefficient (Wildman–Crippen LogP) is 2.69. The summed E-state index contributed by atoms with van der Waals surface area (Å²) >= 11 is 1.84. The van der Waals surface area contributed by atoms with Crippen molar-refractivity contribution < 1.29 is 14.0 Å². The lowest BCUT2D eigenvalue weighted by Crippen LogP contribution is -2.29. The quantitative estimate of drug-likeness (QED) is 0.541. The zero-order valence-corrected chi connectivity index (χ0v) is 10.5. The molecule has 1 fully saturated rings.